The molecule has 0 atom stereocenters. The molecule has 0 bridgehead atoms. The van der Waals surface area contributed by atoms with Crippen molar-refractivity contribution in [1.82, 2.24) is 4.98 Å². The second-order valence-corrected chi connectivity index (χ2v) is 5.40. The molecule has 1 aromatic carbocycles. The maximum absolute atomic E-state index is 12.0. The number of hydrogen-bond donors (Lipinski definition) is 2. The van der Waals surface area contributed by atoms with E-state index in [1.54, 1.807) is 0 Å². The molecule has 19 heavy (non-hydrogen) atoms. The van der Waals surface area contributed by atoms with Crippen molar-refractivity contribution in [3.05, 3.63) is 48.2 Å². The summed E-state index contributed by atoms with van der Waals surface area (Å²) in [6, 6.07) is 10.8. The van der Waals surface area contributed by atoms with Crippen LogP contribution in [-0.4, -0.2) is 13.4 Å². The summed E-state index contributed by atoms with van der Waals surface area (Å²) >= 11 is 0. The van der Waals surface area contributed by atoms with Gasteiger partial charge in [-0.1, -0.05) is 0 Å². The molecular weight excluding hydrogens is 264 g/mol. The van der Waals surface area contributed by atoms with E-state index in [-0.39, 0.29) is 10.7 Å². The van der Waals surface area contributed by atoms with E-state index in [4.69, 9.17) is 11.0 Å². The van der Waals surface area contributed by atoms with Crippen LogP contribution in [0.1, 0.15) is 5.56 Å². The monoisotopic (exact) mass is 274 g/mol. The highest BCUT2D eigenvalue weighted by Crippen LogP contribution is 2.16. The highest BCUT2D eigenvalue weighted by molar-refractivity contribution is 7.92. The maximum Gasteiger partial charge on any atom is 0.263 e. The molecule has 0 fully saturated rings. The lowest BCUT2D eigenvalue weighted by Gasteiger charge is -2.07. The molecule has 0 aliphatic rings. The predicted octanol–water partition coefficient (Wildman–Crippen LogP) is 1.34. The summed E-state index contributed by atoms with van der Waals surface area (Å²) in [4.78, 5) is 3.75. The lowest BCUT2D eigenvalue weighted by Crippen LogP contribution is -2.13. The third kappa shape index (κ3) is 3.00. The van der Waals surface area contributed by atoms with Gasteiger partial charge in [0.1, 0.15) is 10.7 Å². The van der Waals surface area contributed by atoms with Gasteiger partial charge in [-0.3, -0.25) is 4.72 Å². The minimum Gasteiger partial charge on any atom is -0.384 e. The molecule has 6 nitrogen and oxygen atoms in total. The average molecular weight is 274 g/mol. The van der Waals surface area contributed by atoms with Gasteiger partial charge in [-0.25, -0.2) is 13.4 Å². The molecule has 7 heteroatoms. The molecule has 1 aromatic heterocycles. The number of rotatable bonds is 3. The smallest absolute Gasteiger partial charge is 0.263 e. The fourth-order valence-electron chi connectivity index (χ4n) is 1.38. The van der Waals surface area contributed by atoms with Crippen LogP contribution >= 0.6 is 0 Å². The van der Waals surface area contributed by atoms with Crippen LogP contribution in [0, 0.1) is 11.3 Å². The molecule has 2 rings (SSSR count). The van der Waals surface area contributed by atoms with Gasteiger partial charge in [0.2, 0.25) is 0 Å². The summed E-state index contributed by atoms with van der Waals surface area (Å²) in [5.74, 6) is 0.248. The first-order chi connectivity index (χ1) is 9.01. The maximum atomic E-state index is 12.0. The zero-order valence-electron chi connectivity index (χ0n) is 9.74. The Labute approximate surface area is 110 Å². The summed E-state index contributed by atoms with van der Waals surface area (Å²) < 4.78 is 26.4. The van der Waals surface area contributed by atoms with Crippen molar-refractivity contribution in [3.63, 3.8) is 0 Å². The summed E-state index contributed by atoms with van der Waals surface area (Å²) in [5, 5.41) is 8.66. The van der Waals surface area contributed by atoms with Crippen molar-refractivity contribution in [3.8, 4) is 6.07 Å². The third-order valence-electron chi connectivity index (χ3n) is 2.34. The number of hydrogen-bond acceptors (Lipinski definition) is 5. The Morgan fingerprint density at radius 2 is 1.84 bits per heavy atom. The summed E-state index contributed by atoms with van der Waals surface area (Å²) in [6.45, 7) is 0. The first-order valence-electron chi connectivity index (χ1n) is 5.26. The van der Waals surface area contributed by atoms with E-state index in [0.29, 0.717) is 11.3 Å². The molecule has 0 unspecified atom stereocenters. The normalized spacial score (nSPS) is 10.7. The second kappa shape index (κ2) is 4.96. The first kappa shape index (κ1) is 12.9. The highest BCUT2D eigenvalue weighted by atomic mass is 32.2. The fourth-order valence-corrected chi connectivity index (χ4v) is 2.38. The van der Waals surface area contributed by atoms with Gasteiger partial charge in [-0.2, -0.15) is 5.26 Å². The molecule has 0 aliphatic heterocycles. The Bertz CT molecular complexity index is 716. The molecule has 2 aromatic rings. The standard InChI is InChI=1S/C12H10N4O2S/c13-7-9-1-3-10(4-2-9)16-19(17,18)11-5-6-12(14)15-8-11/h1-6,8,16H,(H2,14,15). The van der Waals surface area contributed by atoms with E-state index in [1.807, 2.05) is 6.07 Å². The van der Waals surface area contributed by atoms with Crippen molar-refractivity contribution in [2.24, 2.45) is 0 Å². The third-order valence-corrected chi connectivity index (χ3v) is 3.70. The van der Waals surface area contributed by atoms with Gasteiger partial charge in [-0.15, -0.1) is 0 Å². The second-order valence-electron chi connectivity index (χ2n) is 3.71. The average Bonchev–Trinajstić information content (AvgIpc) is 2.40. The molecule has 1 heterocycles. The van der Waals surface area contributed by atoms with Crippen LogP contribution < -0.4 is 10.5 Å². The predicted molar refractivity (Wildman–Crippen MR) is 70.6 cm³/mol. The number of sulfonamides is 1. The lowest BCUT2D eigenvalue weighted by molar-refractivity contribution is 0.601. The van der Waals surface area contributed by atoms with Crippen LogP contribution in [0.15, 0.2) is 47.5 Å². The Balaban J connectivity index is 2.26. The van der Waals surface area contributed by atoms with Gasteiger partial charge < -0.3 is 5.73 Å². The first-order valence-corrected chi connectivity index (χ1v) is 6.74. The number of nitrogen functional groups attached to an aromatic ring is 1. The van der Waals surface area contributed by atoms with E-state index >= 15 is 0 Å². The van der Waals surface area contributed by atoms with E-state index in [2.05, 4.69) is 9.71 Å². The van der Waals surface area contributed by atoms with Crippen molar-refractivity contribution < 1.29 is 8.42 Å². The number of anilines is 2. The number of pyridine rings is 1. The number of nitrogens with one attached hydrogen (secondary N) is 1. The van der Waals surface area contributed by atoms with Crippen molar-refractivity contribution in [2.75, 3.05) is 10.5 Å². The molecule has 0 radical (unpaired) electrons. The topological polar surface area (TPSA) is 109 Å². The van der Waals surface area contributed by atoms with Crippen LogP contribution in [0.5, 0.6) is 0 Å². The van der Waals surface area contributed by atoms with E-state index < -0.39 is 10.0 Å². The highest BCUT2D eigenvalue weighted by Gasteiger charge is 2.14. The van der Waals surface area contributed by atoms with Gasteiger partial charge in [0.15, 0.2) is 0 Å². The van der Waals surface area contributed by atoms with Gasteiger partial charge in [0, 0.05) is 11.9 Å². The van der Waals surface area contributed by atoms with E-state index in [0.717, 1.165) is 0 Å². The van der Waals surface area contributed by atoms with Crippen LogP contribution in [0.25, 0.3) is 0 Å². The van der Waals surface area contributed by atoms with Crippen molar-refractivity contribution in [1.29, 1.82) is 5.26 Å². The van der Waals surface area contributed by atoms with Crippen molar-refractivity contribution >= 4 is 21.5 Å². The van der Waals surface area contributed by atoms with E-state index in [1.165, 1.54) is 42.6 Å². The Hall–Kier alpha value is -2.59. The molecule has 0 amide bonds. The number of nitriles is 1. The van der Waals surface area contributed by atoms with Crippen LogP contribution in [0.4, 0.5) is 11.5 Å². The number of aromatic nitrogens is 1. The summed E-state index contributed by atoms with van der Waals surface area (Å²) in [7, 11) is -3.70. The molecule has 96 valence electrons. The molecular formula is C12H10N4O2S. The van der Waals surface area contributed by atoms with Gasteiger partial charge >= 0.3 is 0 Å². The number of nitrogens with zero attached hydrogens (tertiary/aromatic N) is 2. The molecule has 0 saturated heterocycles. The van der Waals surface area contributed by atoms with E-state index in [9.17, 15) is 8.42 Å². The SMILES string of the molecule is N#Cc1ccc(NS(=O)(=O)c2ccc(N)nc2)cc1. The zero-order valence-corrected chi connectivity index (χ0v) is 10.6. The lowest BCUT2D eigenvalue weighted by atomic mass is 10.2. The molecule has 0 spiro atoms. The van der Waals surface area contributed by atoms with Crippen molar-refractivity contribution in [2.45, 2.75) is 4.90 Å². The van der Waals surface area contributed by atoms with Gasteiger partial charge in [0.05, 0.1) is 11.6 Å². The molecule has 0 aliphatic carbocycles. The largest absolute Gasteiger partial charge is 0.384 e. The zero-order chi connectivity index (χ0) is 13.9. The number of nitrogens with two attached hydrogens (primary N) is 1. The summed E-state index contributed by atoms with van der Waals surface area (Å²) in [5.41, 5.74) is 6.22. The Morgan fingerprint density at radius 3 is 2.37 bits per heavy atom. The van der Waals surface area contributed by atoms with Gasteiger partial charge in [-0.05, 0) is 36.4 Å². The minimum absolute atomic E-state index is 0.0195. The minimum atomic E-state index is -3.70. The fraction of sp³-hybridized carbons (Fsp3) is 0. The Morgan fingerprint density at radius 1 is 1.16 bits per heavy atom. The van der Waals surface area contributed by atoms with Crippen LogP contribution in [-0.2, 0) is 10.0 Å². The molecule has 3 N–H and O–H groups in total. The molecule has 0 saturated carbocycles. The Kier molecular flexibility index (Phi) is 3.35. The van der Waals surface area contributed by atoms with Crippen LogP contribution in [0.3, 0.4) is 0 Å². The number of benzene rings is 1. The quantitative estimate of drug-likeness (QED) is 0.877. The van der Waals surface area contributed by atoms with Gasteiger partial charge in [0.25, 0.3) is 10.0 Å². The summed E-state index contributed by atoms with van der Waals surface area (Å²) in [6.07, 6.45) is 1.18. The van der Waals surface area contributed by atoms with Crippen LogP contribution in [0.2, 0.25) is 0 Å².